The van der Waals surface area contributed by atoms with Gasteiger partial charge in [0.1, 0.15) is 0 Å². The van der Waals surface area contributed by atoms with Crippen molar-refractivity contribution >= 4 is 28.5 Å². The van der Waals surface area contributed by atoms with Crippen LogP contribution in [0.2, 0.25) is 0 Å². The largest absolute Gasteiger partial charge is 0.382 e. The van der Waals surface area contributed by atoms with Crippen LogP contribution in [0.5, 0.6) is 0 Å². The van der Waals surface area contributed by atoms with Gasteiger partial charge in [0, 0.05) is 24.0 Å². The molecule has 0 saturated carbocycles. The molecule has 2 aliphatic rings. The number of aromatic amines is 1. The van der Waals surface area contributed by atoms with E-state index >= 15 is 0 Å². The first kappa shape index (κ1) is 17.7. The van der Waals surface area contributed by atoms with E-state index in [0.717, 1.165) is 22.0 Å². The molecule has 8 nitrogen and oxygen atoms in total. The summed E-state index contributed by atoms with van der Waals surface area (Å²) in [7, 11) is 0. The summed E-state index contributed by atoms with van der Waals surface area (Å²) >= 11 is 0. The molecule has 4 N–H and O–H groups in total. The number of carbonyl (C=O) groups excluding carboxylic acids is 2. The lowest BCUT2D eigenvalue weighted by Gasteiger charge is -2.27. The van der Waals surface area contributed by atoms with Crippen molar-refractivity contribution in [3.8, 4) is 11.1 Å². The fourth-order valence-electron chi connectivity index (χ4n) is 4.02. The van der Waals surface area contributed by atoms with E-state index in [2.05, 4.69) is 15.5 Å². The van der Waals surface area contributed by atoms with Crippen LogP contribution in [-0.4, -0.2) is 59.3 Å². The quantitative estimate of drug-likeness (QED) is 0.611. The van der Waals surface area contributed by atoms with Crippen LogP contribution in [0, 0.1) is 5.92 Å². The van der Waals surface area contributed by atoms with Crippen molar-refractivity contribution < 1.29 is 14.3 Å². The van der Waals surface area contributed by atoms with Crippen molar-refractivity contribution in [2.75, 3.05) is 32.0 Å². The second-order valence-corrected chi connectivity index (χ2v) is 7.60. The van der Waals surface area contributed by atoms with Gasteiger partial charge in [0.25, 0.3) is 5.91 Å². The van der Waals surface area contributed by atoms with Gasteiger partial charge in [-0.05, 0) is 35.4 Å². The highest BCUT2D eigenvalue weighted by molar-refractivity contribution is 5.97. The molecule has 1 aromatic heterocycles. The van der Waals surface area contributed by atoms with Crippen LogP contribution in [0.25, 0.3) is 22.0 Å². The molecular formula is C21H21N5O3. The van der Waals surface area contributed by atoms with Crippen molar-refractivity contribution in [3.63, 3.8) is 0 Å². The van der Waals surface area contributed by atoms with E-state index in [9.17, 15) is 9.59 Å². The SMILES string of the molecule is Nc1n[nH]c2ccc(-c3cccc(C(=O)N4C[C@H]5COC[C@@H](C4)C(=O)N5)c3)cc12. The van der Waals surface area contributed by atoms with E-state index in [1.807, 2.05) is 42.5 Å². The Morgan fingerprint density at radius 2 is 2.00 bits per heavy atom. The number of amides is 2. The van der Waals surface area contributed by atoms with Gasteiger partial charge >= 0.3 is 0 Å². The lowest BCUT2D eigenvalue weighted by molar-refractivity contribution is -0.125. The molecule has 0 unspecified atom stereocenters. The molecule has 29 heavy (non-hydrogen) atoms. The van der Waals surface area contributed by atoms with Gasteiger partial charge in [-0.2, -0.15) is 5.10 Å². The van der Waals surface area contributed by atoms with Gasteiger partial charge in [-0.1, -0.05) is 18.2 Å². The molecule has 0 radical (unpaired) electrons. The highest BCUT2D eigenvalue weighted by Gasteiger charge is 2.35. The molecule has 2 bridgehead atoms. The van der Waals surface area contributed by atoms with Gasteiger partial charge in [0.2, 0.25) is 5.91 Å². The summed E-state index contributed by atoms with van der Waals surface area (Å²) in [5.74, 6) is -0.00242. The molecule has 2 atom stereocenters. The van der Waals surface area contributed by atoms with E-state index in [4.69, 9.17) is 10.5 Å². The number of rotatable bonds is 2. The number of aromatic nitrogens is 2. The number of ether oxygens (including phenoxy) is 1. The van der Waals surface area contributed by atoms with Crippen LogP contribution in [0.3, 0.4) is 0 Å². The third-order valence-electron chi connectivity index (χ3n) is 5.56. The molecule has 2 aromatic carbocycles. The minimum absolute atomic E-state index is 0.0393. The summed E-state index contributed by atoms with van der Waals surface area (Å²) in [5, 5.41) is 10.7. The molecule has 148 valence electrons. The first-order valence-electron chi connectivity index (χ1n) is 9.60. The number of hydrogen-bond donors (Lipinski definition) is 3. The normalized spacial score (nSPS) is 21.7. The molecular weight excluding hydrogens is 370 g/mol. The van der Waals surface area contributed by atoms with Crippen LogP contribution in [0.15, 0.2) is 42.5 Å². The Kier molecular flexibility index (Phi) is 4.21. The van der Waals surface area contributed by atoms with Crippen molar-refractivity contribution in [1.29, 1.82) is 0 Å². The second kappa shape index (κ2) is 6.89. The predicted octanol–water partition coefficient (Wildman–Crippen LogP) is 1.40. The fourth-order valence-corrected chi connectivity index (χ4v) is 4.02. The van der Waals surface area contributed by atoms with Crippen molar-refractivity contribution in [2.45, 2.75) is 6.04 Å². The van der Waals surface area contributed by atoms with E-state index < -0.39 is 0 Å². The standard InChI is InChI=1S/C21H21N5O3/c22-19-17-7-13(4-5-18(17)24-25-19)12-2-1-3-14(6-12)21(28)26-8-15-10-29-11-16(9-26)23-20(15)27/h1-7,15-16H,8-11H2,(H,23,27)(H3,22,24,25)/t15-,16+/m1/s1. The molecule has 2 fully saturated rings. The molecule has 2 aliphatic heterocycles. The third kappa shape index (κ3) is 3.21. The number of fused-ring (bicyclic) bond motifs is 4. The Bertz CT molecular complexity index is 1110. The van der Waals surface area contributed by atoms with Gasteiger partial charge in [-0.25, -0.2) is 0 Å². The molecule has 8 heteroatoms. The van der Waals surface area contributed by atoms with Gasteiger partial charge in [0.15, 0.2) is 5.82 Å². The van der Waals surface area contributed by atoms with Crippen LogP contribution in [0.1, 0.15) is 10.4 Å². The Morgan fingerprint density at radius 3 is 2.90 bits per heavy atom. The zero-order valence-electron chi connectivity index (χ0n) is 15.7. The molecule has 2 saturated heterocycles. The van der Waals surface area contributed by atoms with Gasteiger partial charge < -0.3 is 20.7 Å². The number of nitrogens with zero attached hydrogens (tertiary/aromatic N) is 2. The summed E-state index contributed by atoms with van der Waals surface area (Å²) in [6.07, 6.45) is 0. The number of nitrogens with one attached hydrogen (secondary N) is 2. The summed E-state index contributed by atoms with van der Waals surface area (Å²) in [6.45, 7) is 1.59. The first-order chi connectivity index (χ1) is 14.1. The maximum absolute atomic E-state index is 13.2. The smallest absolute Gasteiger partial charge is 0.253 e. The van der Waals surface area contributed by atoms with Crippen molar-refractivity contribution in [1.82, 2.24) is 20.4 Å². The summed E-state index contributed by atoms with van der Waals surface area (Å²) in [6, 6.07) is 13.2. The number of H-pyrrole nitrogens is 1. The van der Waals surface area contributed by atoms with Crippen molar-refractivity contribution in [2.24, 2.45) is 5.92 Å². The molecule has 5 rings (SSSR count). The van der Waals surface area contributed by atoms with Gasteiger partial charge in [0.05, 0.1) is 30.7 Å². The Labute approximate surface area is 167 Å². The number of anilines is 1. The lowest BCUT2D eigenvalue weighted by Crippen LogP contribution is -2.44. The van der Waals surface area contributed by atoms with Crippen LogP contribution in [-0.2, 0) is 9.53 Å². The predicted molar refractivity (Wildman–Crippen MR) is 108 cm³/mol. The van der Waals surface area contributed by atoms with E-state index in [-0.39, 0.29) is 23.8 Å². The fraction of sp³-hybridized carbons (Fsp3) is 0.286. The summed E-state index contributed by atoms with van der Waals surface area (Å²) in [4.78, 5) is 27.2. The number of benzene rings is 2. The molecule has 3 aromatic rings. The molecule has 3 heterocycles. The molecule has 0 aliphatic carbocycles. The summed E-state index contributed by atoms with van der Waals surface area (Å²) < 4.78 is 5.54. The highest BCUT2D eigenvalue weighted by atomic mass is 16.5. The van der Waals surface area contributed by atoms with E-state index in [1.54, 1.807) is 4.90 Å². The number of carbonyl (C=O) groups is 2. The average Bonchev–Trinajstić information content (AvgIpc) is 2.89. The van der Waals surface area contributed by atoms with Crippen molar-refractivity contribution in [3.05, 3.63) is 48.0 Å². The first-order valence-corrected chi connectivity index (χ1v) is 9.60. The van der Waals surface area contributed by atoms with E-state index in [1.165, 1.54) is 0 Å². The lowest BCUT2D eigenvalue weighted by atomic mass is 10.0. The monoisotopic (exact) mass is 391 g/mol. The van der Waals surface area contributed by atoms with Gasteiger partial charge in [-0.15, -0.1) is 0 Å². The second-order valence-electron chi connectivity index (χ2n) is 7.60. The minimum Gasteiger partial charge on any atom is -0.382 e. The molecule has 2 amide bonds. The Balaban J connectivity index is 1.45. The van der Waals surface area contributed by atoms with E-state index in [0.29, 0.717) is 37.7 Å². The third-order valence-corrected chi connectivity index (χ3v) is 5.56. The number of hydrogen-bond acceptors (Lipinski definition) is 5. The maximum atomic E-state index is 13.2. The van der Waals surface area contributed by atoms with Gasteiger partial charge in [-0.3, -0.25) is 14.7 Å². The highest BCUT2D eigenvalue weighted by Crippen LogP contribution is 2.27. The minimum atomic E-state index is -0.332. The average molecular weight is 391 g/mol. The summed E-state index contributed by atoms with van der Waals surface area (Å²) in [5.41, 5.74) is 9.26. The number of nitrogen functional groups attached to an aromatic ring is 1. The van der Waals surface area contributed by atoms with Crippen LogP contribution >= 0.6 is 0 Å². The zero-order valence-corrected chi connectivity index (χ0v) is 15.7. The maximum Gasteiger partial charge on any atom is 0.253 e. The van der Waals surface area contributed by atoms with Crippen LogP contribution < -0.4 is 11.1 Å². The zero-order chi connectivity index (χ0) is 20.0. The number of nitrogens with two attached hydrogens (primary N) is 1. The molecule has 0 spiro atoms. The Morgan fingerprint density at radius 1 is 1.14 bits per heavy atom. The van der Waals surface area contributed by atoms with Crippen LogP contribution in [0.4, 0.5) is 5.82 Å². The topological polar surface area (TPSA) is 113 Å². The Hall–Kier alpha value is -3.39.